The largest absolute Gasteiger partial charge is 0.376 e. The smallest absolute Gasteiger partial charge is 0.141 e. The predicted octanol–water partition coefficient (Wildman–Crippen LogP) is 3.88. The molecule has 2 heterocycles. The number of rotatable bonds is 3. The van der Waals surface area contributed by atoms with Gasteiger partial charge < -0.3 is 9.30 Å². The summed E-state index contributed by atoms with van der Waals surface area (Å²) in [6.45, 7) is 1.77. The van der Waals surface area contributed by atoms with Crippen LogP contribution in [0.3, 0.4) is 0 Å². The molecule has 1 unspecified atom stereocenters. The molecule has 0 bridgehead atoms. The molecule has 3 heteroatoms. The summed E-state index contributed by atoms with van der Waals surface area (Å²) >= 11 is 0. The summed E-state index contributed by atoms with van der Waals surface area (Å²) in [6, 6.07) is 18.7. The predicted molar refractivity (Wildman–Crippen MR) is 84.1 cm³/mol. The van der Waals surface area contributed by atoms with E-state index in [-0.39, 0.29) is 0 Å². The summed E-state index contributed by atoms with van der Waals surface area (Å²) in [5, 5.41) is 0. The van der Waals surface area contributed by atoms with E-state index in [1.54, 1.807) is 0 Å². The van der Waals surface area contributed by atoms with E-state index in [4.69, 9.17) is 9.72 Å². The van der Waals surface area contributed by atoms with Crippen molar-refractivity contribution in [2.45, 2.75) is 25.5 Å². The van der Waals surface area contributed by atoms with Crippen LogP contribution >= 0.6 is 0 Å². The van der Waals surface area contributed by atoms with Gasteiger partial charge in [0.05, 0.1) is 23.7 Å². The summed E-state index contributed by atoms with van der Waals surface area (Å²) in [5.41, 5.74) is 3.40. The van der Waals surface area contributed by atoms with Gasteiger partial charge in [0.2, 0.25) is 0 Å². The van der Waals surface area contributed by atoms with Crippen LogP contribution in [0.2, 0.25) is 0 Å². The van der Waals surface area contributed by atoms with Crippen LogP contribution in [0.4, 0.5) is 0 Å². The topological polar surface area (TPSA) is 27.1 Å². The molecular weight excluding hydrogens is 260 g/mol. The van der Waals surface area contributed by atoms with Crippen LogP contribution in [0.15, 0.2) is 54.6 Å². The number of hydrogen-bond acceptors (Lipinski definition) is 2. The first-order chi connectivity index (χ1) is 10.4. The van der Waals surface area contributed by atoms with Crippen LogP contribution in [-0.4, -0.2) is 22.3 Å². The van der Waals surface area contributed by atoms with E-state index in [9.17, 15) is 0 Å². The molecule has 21 heavy (non-hydrogen) atoms. The van der Waals surface area contributed by atoms with Gasteiger partial charge in [0.1, 0.15) is 5.82 Å². The molecule has 0 saturated carbocycles. The van der Waals surface area contributed by atoms with Gasteiger partial charge in [-0.15, -0.1) is 0 Å². The van der Waals surface area contributed by atoms with E-state index in [0.29, 0.717) is 6.10 Å². The Hall–Kier alpha value is -2.13. The maximum atomic E-state index is 5.82. The average molecular weight is 278 g/mol. The molecule has 1 aliphatic heterocycles. The Morgan fingerprint density at radius 1 is 1.05 bits per heavy atom. The second-order valence-corrected chi connectivity index (χ2v) is 5.54. The van der Waals surface area contributed by atoms with Gasteiger partial charge in [-0.1, -0.05) is 42.5 Å². The third kappa shape index (κ3) is 2.34. The van der Waals surface area contributed by atoms with Crippen molar-refractivity contribution in [3.05, 3.63) is 54.6 Å². The molecule has 0 radical (unpaired) electrons. The van der Waals surface area contributed by atoms with Gasteiger partial charge in [0, 0.05) is 12.2 Å². The molecule has 0 N–H and O–H groups in total. The molecule has 106 valence electrons. The second kappa shape index (κ2) is 5.34. The minimum absolute atomic E-state index is 0.310. The lowest BCUT2D eigenvalue weighted by molar-refractivity contribution is 0.0982. The van der Waals surface area contributed by atoms with Crippen molar-refractivity contribution in [2.75, 3.05) is 6.61 Å². The number of aromatic nitrogens is 2. The summed E-state index contributed by atoms with van der Waals surface area (Å²) in [7, 11) is 0. The first kappa shape index (κ1) is 12.6. The quantitative estimate of drug-likeness (QED) is 0.727. The monoisotopic (exact) mass is 278 g/mol. The van der Waals surface area contributed by atoms with Gasteiger partial charge in [0.25, 0.3) is 0 Å². The molecule has 3 aromatic rings. The van der Waals surface area contributed by atoms with Crippen molar-refractivity contribution >= 4 is 11.0 Å². The minimum Gasteiger partial charge on any atom is -0.376 e. The highest BCUT2D eigenvalue weighted by molar-refractivity contribution is 5.80. The molecule has 4 rings (SSSR count). The highest BCUT2D eigenvalue weighted by atomic mass is 16.5. The number of fused-ring (bicyclic) bond motifs is 1. The summed E-state index contributed by atoms with van der Waals surface area (Å²) in [6.07, 6.45) is 2.61. The van der Waals surface area contributed by atoms with Crippen molar-refractivity contribution in [2.24, 2.45) is 0 Å². The van der Waals surface area contributed by atoms with Gasteiger partial charge in [-0.3, -0.25) is 0 Å². The lowest BCUT2D eigenvalue weighted by Crippen LogP contribution is -2.15. The summed E-state index contributed by atoms with van der Waals surface area (Å²) in [5.74, 6) is 1.03. The van der Waals surface area contributed by atoms with E-state index in [2.05, 4.69) is 47.0 Å². The molecule has 0 amide bonds. The molecule has 0 spiro atoms. The zero-order chi connectivity index (χ0) is 14.1. The molecule has 1 atom stereocenters. The Balaban J connectivity index is 1.84. The van der Waals surface area contributed by atoms with Crippen molar-refractivity contribution in [1.29, 1.82) is 0 Å². The highest BCUT2D eigenvalue weighted by Gasteiger charge is 2.20. The van der Waals surface area contributed by atoms with E-state index in [1.165, 1.54) is 5.52 Å². The molecular formula is C18H18N2O. The third-order valence-electron chi connectivity index (χ3n) is 4.10. The number of benzene rings is 2. The van der Waals surface area contributed by atoms with Crippen molar-refractivity contribution in [1.82, 2.24) is 9.55 Å². The Labute approximate surface area is 124 Å². The van der Waals surface area contributed by atoms with Crippen molar-refractivity contribution in [3.8, 4) is 11.4 Å². The van der Waals surface area contributed by atoms with Gasteiger partial charge in [-0.05, 0) is 25.0 Å². The maximum absolute atomic E-state index is 5.82. The second-order valence-electron chi connectivity index (χ2n) is 5.54. The Morgan fingerprint density at radius 2 is 1.86 bits per heavy atom. The first-order valence-electron chi connectivity index (χ1n) is 7.54. The molecule has 1 aliphatic rings. The molecule has 0 aliphatic carbocycles. The van der Waals surface area contributed by atoms with E-state index in [0.717, 1.165) is 42.9 Å². The lowest BCUT2D eigenvalue weighted by atomic mass is 10.2. The van der Waals surface area contributed by atoms with Crippen molar-refractivity contribution in [3.63, 3.8) is 0 Å². The number of para-hydroxylation sites is 2. The third-order valence-corrected chi connectivity index (χ3v) is 4.10. The average Bonchev–Trinajstić information content (AvgIpc) is 3.17. The Kier molecular flexibility index (Phi) is 3.20. The van der Waals surface area contributed by atoms with Crippen molar-refractivity contribution < 1.29 is 4.74 Å². The molecule has 1 aromatic heterocycles. The molecule has 2 aromatic carbocycles. The van der Waals surface area contributed by atoms with E-state index in [1.807, 2.05) is 12.1 Å². The number of nitrogens with zero attached hydrogens (tertiary/aromatic N) is 2. The van der Waals surface area contributed by atoms with Crippen LogP contribution in [0.5, 0.6) is 0 Å². The van der Waals surface area contributed by atoms with Crippen LogP contribution in [-0.2, 0) is 11.3 Å². The summed E-state index contributed by atoms with van der Waals surface area (Å²) < 4.78 is 8.12. The van der Waals surface area contributed by atoms with Crippen LogP contribution < -0.4 is 0 Å². The first-order valence-corrected chi connectivity index (χ1v) is 7.54. The number of hydrogen-bond donors (Lipinski definition) is 0. The van der Waals surface area contributed by atoms with Crippen LogP contribution in [0, 0.1) is 0 Å². The SMILES string of the molecule is c1ccc(-c2nc3ccccc3n2CC2CCCO2)cc1. The minimum atomic E-state index is 0.310. The maximum Gasteiger partial charge on any atom is 0.141 e. The van der Waals surface area contributed by atoms with Gasteiger partial charge in [0.15, 0.2) is 0 Å². The number of imidazole rings is 1. The fourth-order valence-corrected chi connectivity index (χ4v) is 3.06. The fraction of sp³-hybridized carbons (Fsp3) is 0.278. The zero-order valence-electron chi connectivity index (χ0n) is 11.9. The summed E-state index contributed by atoms with van der Waals surface area (Å²) in [4.78, 5) is 4.83. The van der Waals surface area contributed by atoms with Crippen LogP contribution in [0.1, 0.15) is 12.8 Å². The normalized spacial score (nSPS) is 18.4. The molecule has 1 fully saturated rings. The Morgan fingerprint density at radius 3 is 2.67 bits per heavy atom. The molecule has 1 saturated heterocycles. The van der Waals surface area contributed by atoms with E-state index < -0.39 is 0 Å². The highest BCUT2D eigenvalue weighted by Crippen LogP contribution is 2.26. The van der Waals surface area contributed by atoms with Crippen LogP contribution in [0.25, 0.3) is 22.4 Å². The lowest BCUT2D eigenvalue weighted by Gasteiger charge is -2.14. The standard InChI is InChI=1S/C18H18N2O/c1-2-7-14(8-3-1)18-19-16-10-4-5-11-17(16)20(18)13-15-9-6-12-21-15/h1-5,7-8,10-11,15H,6,9,12-13H2. The number of ether oxygens (including phenoxy) is 1. The van der Waals surface area contributed by atoms with Gasteiger partial charge in [-0.2, -0.15) is 0 Å². The fourth-order valence-electron chi connectivity index (χ4n) is 3.06. The zero-order valence-corrected chi connectivity index (χ0v) is 11.9. The Bertz CT molecular complexity index is 742. The van der Waals surface area contributed by atoms with E-state index >= 15 is 0 Å². The van der Waals surface area contributed by atoms with Gasteiger partial charge >= 0.3 is 0 Å². The molecule has 3 nitrogen and oxygen atoms in total. The van der Waals surface area contributed by atoms with Gasteiger partial charge in [-0.25, -0.2) is 4.98 Å².